The van der Waals surface area contributed by atoms with E-state index >= 15 is 0 Å². The van der Waals surface area contributed by atoms with Gasteiger partial charge in [-0.3, -0.25) is 0 Å². The molecule has 0 aromatic rings. The SMILES string of the molecule is NC1CC(CO)(C2C3CC4CC(C3)CC2C4)C1. The Labute approximate surface area is 104 Å². The quantitative estimate of drug-likeness (QED) is 0.770. The second-order valence-corrected chi connectivity index (χ2v) is 7.65. The molecule has 5 fully saturated rings. The Morgan fingerprint density at radius 1 is 0.941 bits per heavy atom. The van der Waals surface area contributed by atoms with Crippen LogP contribution in [0, 0.1) is 35.0 Å². The van der Waals surface area contributed by atoms with Crippen LogP contribution in [0.1, 0.15) is 44.9 Å². The molecule has 5 aliphatic carbocycles. The molecule has 3 N–H and O–H groups in total. The van der Waals surface area contributed by atoms with Crippen LogP contribution in [0.4, 0.5) is 0 Å². The van der Waals surface area contributed by atoms with E-state index in [1.54, 1.807) is 0 Å². The van der Waals surface area contributed by atoms with Crippen LogP contribution >= 0.6 is 0 Å². The molecule has 4 bridgehead atoms. The van der Waals surface area contributed by atoms with Crippen LogP contribution in [0.25, 0.3) is 0 Å². The average molecular weight is 235 g/mol. The molecule has 0 saturated heterocycles. The maximum Gasteiger partial charge on any atom is 0.0491 e. The molecule has 5 rings (SSSR count). The highest BCUT2D eigenvalue weighted by molar-refractivity contribution is 5.09. The van der Waals surface area contributed by atoms with Gasteiger partial charge in [0, 0.05) is 12.6 Å². The first kappa shape index (κ1) is 10.8. The van der Waals surface area contributed by atoms with Crippen molar-refractivity contribution in [2.24, 2.45) is 40.7 Å². The molecule has 17 heavy (non-hydrogen) atoms. The Kier molecular flexibility index (Phi) is 2.21. The van der Waals surface area contributed by atoms with E-state index in [9.17, 15) is 5.11 Å². The molecular weight excluding hydrogens is 210 g/mol. The van der Waals surface area contributed by atoms with E-state index in [4.69, 9.17) is 5.73 Å². The van der Waals surface area contributed by atoms with Gasteiger partial charge < -0.3 is 10.8 Å². The molecule has 0 aliphatic heterocycles. The fourth-order valence-corrected chi connectivity index (χ4v) is 6.42. The third-order valence-electron chi connectivity index (χ3n) is 6.59. The second kappa shape index (κ2) is 3.48. The lowest BCUT2D eigenvalue weighted by atomic mass is 9.43. The summed E-state index contributed by atoms with van der Waals surface area (Å²) < 4.78 is 0. The third kappa shape index (κ3) is 1.40. The van der Waals surface area contributed by atoms with Gasteiger partial charge in [0.25, 0.3) is 0 Å². The van der Waals surface area contributed by atoms with Gasteiger partial charge in [-0.15, -0.1) is 0 Å². The molecule has 0 aromatic heterocycles. The Morgan fingerprint density at radius 3 is 1.88 bits per heavy atom. The van der Waals surface area contributed by atoms with Gasteiger partial charge in [-0.05, 0) is 80.0 Å². The molecule has 96 valence electrons. The van der Waals surface area contributed by atoms with Crippen molar-refractivity contribution in [1.82, 2.24) is 0 Å². The number of hydrogen-bond acceptors (Lipinski definition) is 2. The van der Waals surface area contributed by atoms with E-state index in [0.717, 1.165) is 42.4 Å². The van der Waals surface area contributed by atoms with Crippen LogP contribution in [0.3, 0.4) is 0 Å². The number of hydrogen-bond donors (Lipinski definition) is 2. The van der Waals surface area contributed by atoms with Crippen LogP contribution in [-0.2, 0) is 0 Å². The highest BCUT2D eigenvalue weighted by Crippen LogP contribution is 2.64. The van der Waals surface area contributed by atoms with E-state index in [1.165, 1.54) is 32.1 Å². The minimum Gasteiger partial charge on any atom is -0.396 e. The lowest BCUT2D eigenvalue weighted by Crippen LogP contribution is -2.60. The summed E-state index contributed by atoms with van der Waals surface area (Å²) >= 11 is 0. The van der Waals surface area contributed by atoms with E-state index in [-0.39, 0.29) is 5.41 Å². The Bertz CT molecular complexity index is 293. The number of nitrogens with two attached hydrogens (primary N) is 1. The monoisotopic (exact) mass is 235 g/mol. The van der Waals surface area contributed by atoms with Gasteiger partial charge in [0.2, 0.25) is 0 Å². The Balaban J connectivity index is 1.62. The lowest BCUT2D eigenvalue weighted by molar-refractivity contribution is -0.147. The predicted molar refractivity (Wildman–Crippen MR) is 67.3 cm³/mol. The molecule has 5 saturated carbocycles. The van der Waals surface area contributed by atoms with Gasteiger partial charge >= 0.3 is 0 Å². The van der Waals surface area contributed by atoms with Crippen LogP contribution < -0.4 is 5.73 Å². The smallest absolute Gasteiger partial charge is 0.0491 e. The maximum atomic E-state index is 9.88. The van der Waals surface area contributed by atoms with Crippen molar-refractivity contribution in [2.45, 2.75) is 51.0 Å². The number of aliphatic hydroxyl groups is 1. The van der Waals surface area contributed by atoms with Crippen molar-refractivity contribution < 1.29 is 5.11 Å². The van der Waals surface area contributed by atoms with Crippen molar-refractivity contribution >= 4 is 0 Å². The molecule has 5 aliphatic rings. The first-order chi connectivity index (χ1) is 8.20. The summed E-state index contributed by atoms with van der Waals surface area (Å²) in [5, 5.41) is 9.88. The van der Waals surface area contributed by atoms with Gasteiger partial charge in [-0.25, -0.2) is 0 Å². The van der Waals surface area contributed by atoms with Crippen molar-refractivity contribution in [1.29, 1.82) is 0 Å². The molecule has 0 aromatic carbocycles. The van der Waals surface area contributed by atoms with Crippen LogP contribution in [0.5, 0.6) is 0 Å². The summed E-state index contributed by atoms with van der Waals surface area (Å²) in [6.07, 6.45) is 9.57. The highest BCUT2D eigenvalue weighted by atomic mass is 16.3. The summed E-state index contributed by atoms with van der Waals surface area (Å²) in [5.74, 6) is 4.77. The van der Waals surface area contributed by atoms with E-state index in [2.05, 4.69) is 0 Å². The number of rotatable bonds is 2. The fourth-order valence-electron chi connectivity index (χ4n) is 6.42. The standard InChI is InChI=1S/C15H25NO/c16-13-6-15(7-13,8-17)14-11-2-9-1-10(4-11)5-12(14)3-9/h9-14,17H,1-8,16H2. The Morgan fingerprint density at radius 2 is 1.47 bits per heavy atom. The highest BCUT2D eigenvalue weighted by Gasteiger charge is 2.58. The molecule has 0 heterocycles. The van der Waals surface area contributed by atoms with Gasteiger partial charge in [-0.1, -0.05) is 0 Å². The minimum atomic E-state index is 0.238. The molecule has 0 atom stereocenters. The minimum absolute atomic E-state index is 0.238. The van der Waals surface area contributed by atoms with Gasteiger partial charge in [0.1, 0.15) is 0 Å². The van der Waals surface area contributed by atoms with Crippen molar-refractivity contribution in [2.75, 3.05) is 6.61 Å². The Hall–Kier alpha value is -0.0800. The van der Waals surface area contributed by atoms with E-state index in [0.29, 0.717) is 12.6 Å². The van der Waals surface area contributed by atoms with E-state index < -0.39 is 0 Å². The fraction of sp³-hybridized carbons (Fsp3) is 1.00. The summed E-state index contributed by atoms with van der Waals surface area (Å²) in [5.41, 5.74) is 6.25. The maximum absolute atomic E-state index is 9.88. The first-order valence-electron chi connectivity index (χ1n) is 7.56. The van der Waals surface area contributed by atoms with Gasteiger partial charge in [0.15, 0.2) is 0 Å². The molecule has 0 unspecified atom stereocenters. The number of aliphatic hydroxyl groups excluding tert-OH is 1. The molecule has 0 radical (unpaired) electrons. The topological polar surface area (TPSA) is 46.2 Å². The van der Waals surface area contributed by atoms with Crippen LogP contribution in [0.2, 0.25) is 0 Å². The largest absolute Gasteiger partial charge is 0.396 e. The van der Waals surface area contributed by atoms with E-state index in [1.807, 2.05) is 0 Å². The zero-order chi connectivity index (χ0) is 11.6. The molecule has 2 heteroatoms. The van der Waals surface area contributed by atoms with Gasteiger partial charge in [-0.2, -0.15) is 0 Å². The van der Waals surface area contributed by atoms with Crippen LogP contribution in [-0.4, -0.2) is 17.8 Å². The summed E-state index contributed by atoms with van der Waals surface area (Å²) in [4.78, 5) is 0. The normalized spacial score (nSPS) is 60.4. The summed E-state index contributed by atoms with van der Waals surface area (Å²) in [7, 11) is 0. The predicted octanol–water partition coefficient (Wildman–Crippen LogP) is 2.16. The van der Waals surface area contributed by atoms with Gasteiger partial charge in [0.05, 0.1) is 0 Å². The van der Waals surface area contributed by atoms with Crippen molar-refractivity contribution in [3.8, 4) is 0 Å². The summed E-state index contributed by atoms with van der Waals surface area (Å²) in [6, 6.07) is 0.374. The molecule has 0 spiro atoms. The molecule has 0 amide bonds. The zero-order valence-corrected chi connectivity index (χ0v) is 10.6. The first-order valence-corrected chi connectivity index (χ1v) is 7.56. The van der Waals surface area contributed by atoms with Crippen LogP contribution in [0.15, 0.2) is 0 Å². The average Bonchev–Trinajstić information content (AvgIpc) is 2.24. The van der Waals surface area contributed by atoms with Crippen molar-refractivity contribution in [3.63, 3.8) is 0 Å². The van der Waals surface area contributed by atoms with Crippen molar-refractivity contribution in [3.05, 3.63) is 0 Å². The third-order valence-corrected chi connectivity index (χ3v) is 6.59. The molecule has 2 nitrogen and oxygen atoms in total. The summed E-state index contributed by atoms with van der Waals surface area (Å²) in [6.45, 7) is 0.397. The zero-order valence-electron chi connectivity index (χ0n) is 10.6. The lowest BCUT2D eigenvalue weighted by Gasteiger charge is -2.63. The molecular formula is C15H25NO. The second-order valence-electron chi connectivity index (χ2n) is 7.65.